The summed E-state index contributed by atoms with van der Waals surface area (Å²) in [6.07, 6.45) is 0. The van der Waals surface area contributed by atoms with Crippen LogP contribution in [0.15, 0.2) is 96.2 Å². The minimum atomic E-state index is -0.0425. The first kappa shape index (κ1) is 21.9. The van der Waals surface area contributed by atoms with Gasteiger partial charge in [0.2, 0.25) is 5.91 Å². The molecule has 3 aromatic carbocycles. The van der Waals surface area contributed by atoms with Crippen molar-refractivity contribution >= 4 is 28.6 Å². The van der Waals surface area contributed by atoms with E-state index in [0.29, 0.717) is 11.7 Å². The molecule has 34 heavy (non-hydrogen) atoms. The van der Waals surface area contributed by atoms with E-state index in [1.54, 1.807) is 0 Å². The van der Waals surface area contributed by atoms with Crippen molar-refractivity contribution in [1.29, 1.82) is 0 Å². The molecule has 0 aliphatic heterocycles. The average molecular weight is 466 g/mol. The molecular weight excluding hydrogens is 442 g/mol. The van der Waals surface area contributed by atoms with E-state index in [1.165, 1.54) is 11.8 Å². The largest absolute Gasteiger partial charge is 0.351 e. The molecule has 6 nitrogen and oxygen atoms in total. The molecule has 2 aromatic heterocycles. The molecule has 0 aliphatic carbocycles. The van der Waals surface area contributed by atoms with Crippen LogP contribution in [0.3, 0.4) is 0 Å². The highest BCUT2D eigenvalue weighted by Crippen LogP contribution is 2.32. The first-order valence-electron chi connectivity index (χ1n) is 11.0. The number of hydrogen-bond acceptors (Lipinski definition) is 5. The van der Waals surface area contributed by atoms with Crippen LogP contribution >= 0.6 is 11.8 Å². The van der Waals surface area contributed by atoms with E-state index in [9.17, 15) is 4.79 Å². The lowest BCUT2D eigenvalue weighted by atomic mass is 10.0. The van der Waals surface area contributed by atoms with E-state index in [2.05, 4.69) is 21.6 Å². The molecule has 0 aliphatic rings. The summed E-state index contributed by atoms with van der Waals surface area (Å²) < 4.78 is 1.94. The Balaban J connectivity index is 1.38. The number of pyridine rings is 1. The number of thioether (sulfide) groups is 1. The molecule has 0 saturated carbocycles. The molecule has 0 spiro atoms. The van der Waals surface area contributed by atoms with Crippen LogP contribution in [-0.2, 0) is 18.4 Å². The number of hydrogen-bond donors (Lipinski definition) is 1. The third-order valence-corrected chi connectivity index (χ3v) is 6.55. The molecule has 5 aromatic rings. The summed E-state index contributed by atoms with van der Waals surface area (Å²) >= 11 is 1.37. The summed E-state index contributed by atoms with van der Waals surface area (Å²) in [6.45, 7) is 0.509. The van der Waals surface area contributed by atoms with Crippen LogP contribution in [0.1, 0.15) is 5.56 Å². The minimum absolute atomic E-state index is 0.0425. The third-order valence-electron chi connectivity index (χ3n) is 5.53. The van der Waals surface area contributed by atoms with Crippen molar-refractivity contribution < 1.29 is 4.79 Å². The Labute approximate surface area is 202 Å². The van der Waals surface area contributed by atoms with Crippen molar-refractivity contribution in [3.05, 3.63) is 96.6 Å². The van der Waals surface area contributed by atoms with Gasteiger partial charge < -0.3 is 9.88 Å². The summed E-state index contributed by atoms with van der Waals surface area (Å²) in [4.78, 5) is 17.2. The minimum Gasteiger partial charge on any atom is -0.351 e. The van der Waals surface area contributed by atoms with Gasteiger partial charge in [-0.15, -0.1) is 10.2 Å². The summed E-state index contributed by atoms with van der Waals surface area (Å²) in [5.74, 6) is 0.965. The number of carbonyl (C=O) groups excluding carboxylic acids is 1. The van der Waals surface area contributed by atoms with Crippen LogP contribution in [-0.4, -0.2) is 31.4 Å². The molecular formula is C27H23N5OS. The van der Waals surface area contributed by atoms with E-state index in [-0.39, 0.29) is 11.7 Å². The Morgan fingerprint density at radius 2 is 1.62 bits per heavy atom. The fraction of sp³-hybridized carbons (Fsp3) is 0.111. The molecule has 1 N–H and O–H groups in total. The lowest BCUT2D eigenvalue weighted by molar-refractivity contribution is -0.118. The monoisotopic (exact) mass is 465 g/mol. The maximum Gasteiger partial charge on any atom is 0.230 e. The summed E-state index contributed by atoms with van der Waals surface area (Å²) in [5.41, 5.74) is 4.85. The maximum atomic E-state index is 12.4. The SMILES string of the molecule is Cn1c(SCC(=O)NCc2ccccc2)nnc1-c1cc(-c2ccccc2)nc2ccccc12. The van der Waals surface area contributed by atoms with Gasteiger partial charge in [-0.3, -0.25) is 4.79 Å². The van der Waals surface area contributed by atoms with Crippen molar-refractivity contribution in [2.24, 2.45) is 7.05 Å². The highest BCUT2D eigenvalue weighted by molar-refractivity contribution is 7.99. The quantitative estimate of drug-likeness (QED) is 0.338. The second-order valence-corrected chi connectivity index (χ2v) is 8.80. The number of carbonyl (C=O) groups is 1. The highest BCUT2D eigenvalue weighted by Gasteiger charge is 2.17. The fourth-order valence-corrected chi connectivity index (χ4v) is 4.51. The van der Waals surface area contributed by atoms with Gasteiger partial charge in [-0.05, 0) is 17.7 Å². The van der Waals surface area contributed by atoms with E-state index in [1.807, 2.05) is 96.5 Å². The Bertz CT molecular complexity index is 1430. The number of benzene rings is 3. The second kappa shape index (κ2) is 9.89. The zero-order valence-electron chi connectivity index (χ0n) is 18.7. The molecule has 0 bridgehead atoms. The van der Waals surface area contributed by atoms with Gasteiger partial charge in [-0.2, -0.15) is 0 Å². The van der Waals surface area contributed by atoms with Crippen molar-refractivity contribution in [2.75, 3.05) is 5.75 Å². The number of fused-ring (bicyclic) bond motifs is 1. The van der Waals surface area contributed by atoms with Gasteiger partial charge in [-0.1, -0.05) is 90.6 Å². The number of rotatable bonds is 7. The van der Waals surface area contributed by atoms with Crippen LogP contribution in [0.5, 0.6) is 0 Å². The van der Waals surface area contributed by atoms with Gasteiger partial charge in [0.05, 0.1) is 17.0 Å². The molecule has 5 rings (SSSR count). The normalized spacial score (nSPS) is 11.0. The Hall–Kier alpha value is -3.97. The molecule has 0 fully saturated rings. The molecule has 2 heterocycles. The second-order valence-electron chi connectivity index (χ2n) is 7.85. The summed E-state index contributed by atoms with van der Waals surface area (Å²) in [5, 5.41) is 13.5. The van der Waals surface area contributed by atoms with E-state index >= 15 is 0 Å². The number of amides is 1. The van der Waals surface area contributed by atoms with Crippen molar-refractivity contribution in [1.82, 2.24) is 25.1 Å². The summed E-state index contributed by atoms with van der Waals surface area (Å²) in [6, 6.07) is 30.1. The van der Waals surface area contributed by atoms with E-state index in [0.717, 1.165) is 39.1 Å². The van der Waals surface area contributed by atoms with Gasteiger partial charge in [0.1, 0.15) is 0 Å². The molecule has 168 valence electrons. The number of aromatic nitrogens is 4. The van der Waals surface area contributed by atoms with Gasteiger partial charge in [0.25, 0.3) is 0 Å². The zero-order valence-corrected chi connectivity index (χ0v) is 19.5. The number of para-hydroxylation sites is 1. The number of nitrogens with one attached hydrogen (secondary N) is 1. The van der Waals surface area contributed by atoms with E-state index < -0.39 is 0 Å². The van der Waals surface area contributed by atoms with Crippen LogP contribution in [0.4, 0.5) is 0 Å². The van der Waals surface area contributed by atoms with Gasteiger partial charge >= 0.3 is 0 Å². The first-order valence-corrected chi connectivity index (χ1v) is 12.0. The molecule has 0 atom stereocenters. The molecule has 7 heteroatoms. The van der Waals surface area contributed by atoms with E-state index in [4.69, 9.17) is 4.98 Å². The molecule has 0 unspecified atom stereocenters. The van der Waals surface area contributed by atoms with Crippen molar-refractivity contribution in [2.45, 2.75) is 11.7 Å². The Kier molecular flexibility index (Phi) is 6.35. The smallest absolute Gasteiger partial charge is 0.230 e. The van der Waals surface area contributed by atoms with Crippen LogP contribution < -0.4 is 5.32 Å². The topological polar surface area (TPSA) is 72.7 Å². The standard InChI is InChI=1S/C27H23N5OS/c1-32-26(30-31-27(32)34-18-25(33)28-17-19-10-4-2-5-11-19)22-16-24(20-12-6-3-7-13-20)29-23-15-9-8-14-21(22)23/h2-16H,17-18H2,1H3,(H,28,33). The third kappa shape index (κ3) is 4.70. The highest BCUT2D eigenvalue weighted by atomic mass is 32.2. The molecule has 0 saturated heterocycles. The summed E-state index contributed by atoms with van der Waals surface area (Å²) in [7, 11) is 1.93. The Morgan fingerprint density at radius 1 is 0.912 bits per heavy atom. The molecule has 1 amide bonds. The predicted molar refractivity (Wildman–Crippen MR) is 136 cm³/mol. The van der Waals surface area contributed by atoms with Gasteiger partial charge in [0, 0.05) is 30.1 Å². The molecule has 0 radical (unpaired) electrons. The van der Waals surface area contributed by atoms with Crippen LogP contribution in [0, 0.1) is 0 Å². The number of nitrogens with zero attached hydrogens (tertiary/aromatic N) is 4. The maximum absolute atomic E-state index is 12.4. The van der Waals surface area contributed by atoms with Crippen LogP contribution in [0.2, 0.25) is 0 Å². The lowest BCUT2D eigenvalue weighted by Crippen LogP contribution is -2.24. The fourth-order valence-electron chi connectivity index (χ4n) is 3.77. The zero-order chi connectivity index (χ0) is 23.3. The lowest BCUT2D eigenvalue weighted by Gasteiger charge is -2.10. The van der Waals surface area contributed by atoms with Crippen molar-refractivity contribution in [3.8, 4) is 22.6 Å². The Morgan fingerprint density at radius 3 is 2.41 bits per heavy atom. The average Bonchev–Trinajstić information content (AvgIpc) is 3.26. The predicted octanol–water partition coefficient (Wildman–Crippen LogP) is 5.11. The first-order chi connectivity index (χ1) is 16.7. The van der Waals surface area contributed by atoms with Crippen LogP contribution in [0.25, 0.3) is 33.5 Å². The van der Waals surface area contributed by atoms with Crippen molar-refractivity contribution in [3.63, 3.8) is 0 Å². The van der Waals surface area contributed by atoms with Gasteiger partial charge in [-0.25, -0.2) is 4.98 Å². The van der Waals surface area contributed by atoms with Gasteiger partial charge in [0.15, 0.2) is 11.0 Å².